The Balaban J connectivity index is 1.89. The van der Waals surface area contributed by atoms with E-state index in [4.69, 9.17) is 0 Å². The standard InChI is InChI=1S/C18H20N4O2/c1-13(2)10-17(23)21-16-7-5-15(6-8-16)18(24)22-20-12-14-4-3-9-19-11-14/h3-9,11-13H,10H2,1-2H3,(H,21,23)(H,22,24)/b20-12+. The maximum absolute atomic E-state index is 12.0. The molecule has 6 heteroatoms. The molecule has 24 heavy (non-hydrogen) atoms. The van der Waals surface area contributed by atoms with Crippen LogP contribution in [0.15, 0.2) is 53.9 Å². The topological polar surface area (TPSA) is 83.5 Å². The highest BCUT2D eigenvalue weighted by molar-refractivity contribution is 5.96. The van der Waals surface area contributed by atoms with Crippen LogP contribution in [0.4, 0.5) is 5.69 Å². The average molecular weight is 324 g/mol. The third kappa shape index (κ3) is 5.64. The zero-order valence-electron chi connectivity index (χ0n) is 13.7. The van der Waals surface area contributed by atoms with Gasteiger partial charge in [0.1, 0.15) is 0 Å². The van der Waals surface area contributed by atoms with Crippen LogP contribution in [0.2, 0.25) is 0 Å². The van der Waals surface area contributed by atoms with Crippen LogP contribution in [0.1, 0.15) is 36.2 Å². The van der Waals surface area contributed by atoms with Crippen molar-refractivity contribution in [3.8, 4) is 0 Å². The van der Waals surface area contributed by atoms with Gasteiger partial charge in [-0.1, -0.05) is 19.9 Å². The molecule has 0 spiro atoms. The van der Waals surface area contributed by atoms with Gasteiger partial charge in [-0.05, 0) is 36.2 Å². The highest BCUT2D eigenvalue weighted by Crippen LogP contribution is 2.11. The minimum absolute atomic E-state index is 0.0386. The Morgan fingerprint density at radius 1 is 1.21 bits per heavy atom. The number of rotatable bonds is 6. The lowest BCUT2D eigenvalue weighted by Crippen LogP contribution is -2.18. The van der Waals surface area contributed by atoms with E-state index in [0.717, 1.165) is 5.56 Å². The summed E-state index contributed by atoms with van der Waals surface area (Å²) < 4.78 is 0. The Bertz CT molecular complexity index is 710. The maximum atomic E-state index is 12.0. The van der Waals surface area contributed by atoms with Crippen molar-refractivity contribution in [3.05, 3.63) is 59.9 Å². The van der Waals surface area contributed by atoms with Gasteiger partial charge in [0.05, 0.1) is 6.21 Å². The maximum Gasteiger partial charge on any atom is 0.271 e. The number of hydrazone groups is 1. The van der Waals surface area contributed by atoms with E-state index in [9.17, 15) is 9.59 Å². The summed E-state index contributed by atoms with van der Waals surface area (Å²) in [6, 6.07) is 10.3. The Hall–Kier alpha value is -3.02. The predicted octanol–water partition coefficient (Wildman–Crippen LogP) is 2.83. The minimum Gasteiger partial charge on any atom is -0.326 e. The molecule has 0 aliphatic heterocycles. The van der Waals surface area contributed by atoms with Gasteiger partial charge in [0.2, 0.25) is 5.91 Å². The lowest BCUT2D eigenvalue weighted by Gasteiger charge is -2.07. The molecule has 0 saturated heterocycles. The number of benzene rings is 1. The van der Waals surface area contributed by atoms with E-state index in [1.807, 2.05) is 19.9 Å². The van der Waals surface area contributed by atoms with Crippen molar-refractivity contribution in [3.63, 3.8) is 0 Å². The Labute approximate surface area is 141 Å². The van der Waals surface area contributed by atoms with Crippen LogP contribution in [0.5, 0.6) is 0 Å². The van der Waals surface area contributed by atoms with Crippen LogP contribution in [0.3, 0.4) is 0 Å². The molecule has 1 heterocycles. The molecule has 1 aromatic heterocycles. The molecular formula is C18H20N4O2. The number of nitrogens with zero attached hydrogens (tertiary/aromatic N) is 2. The van der Waals surface area contributed by atoms with Crippen LogP contribution < -0.4 is 10.7 Å². The van der Waals surface area contributed by atoms with Crippen molar-refractivity contribution in [2.75, 3.05) is 5.32 Å². The fraction of sp³-hybridized carbons (Fsp3) is 0.222. The van der Waals surface area contributed by atoms with Crippen molar-refractivity contribution in [2.45, 2.75) is 20.3 Å². The van der Waals surface area contributed by atoms with Gasteiger partial charge in [-0.3, -0.25) is 14.6 Å². The normalized spacial score (nSPS) is 10.8. The number of nitrogens with one attached hydrogen (secondary N) is 2. The molecule has 0 unspecified atom stereocenters. The Morgan fingerprint density at radius 2 is 1.96 bits per heavy atom. The molecule has 2 amide bonds. The molecule has 2 aromatic rings. The summed E-state index contributed by atoms with van der Waals surface area (Å²) in [5.41, 5.74) is 4.36. The number of pyridine rings is 1. The number of carbonyl (C=O) groups excluding carboxylic acids is 2. The van der Waals surface area contributed by atoms with Gasteiger partial charge in [-0.2, -0.15) is 5.10 Å². The van der Waals surface area contributed by atoms with Crippen molar-refractivity contribution < 1.29 is 9.59 Å². The summed E-state index contributed by atoms with van der Waals surface area (Å²) in [4.78, 5) is 27.6. The minimum atomic E-state index is -0.324. The second-order valence-corrected chi connectivity index (χ2v) is 5.71. The van der Waals surface area contributed by atoms with Gasteiger partial charge in [0.25, 0.3) is 5.91 Å². The largest absolute Gasteiger partial charge is 0.326 e. The first-order chi connectivity index (χ1) is 11.5. The lowest BCUT2D eigenvalue weighted by atomic mass is 10.1. The summed E-state index contributed by atoms with van der Waals surface area (Å²) in [5, 5.41) is 6.68. The van der Waals surface area contributed by atoms with Gasteiger partial charge < -0.3 is 5.32 Å². The molecule has 0 aliphatic rings. The monoisotopic (exact) mass is 324 g/mol. The first-order valence-electron chi connectivity index (χ1n) is 7.68. The van der Waals surface area contributed by atoms with Crippen molar-refractivity contribution in [2.24, 2.45) is 11.0 Å². The van der Waals surface area contributed by atoms with Crippen LogP contribution in [0, 0.1) is 5.92 Å². The zero-order valence-corrected chi connectivity index (χ0v) is 13.7. The van der Waals surface area contributed by atoms with E-state index >= 15 is 0 Å². The molecule has 2 N–H and O–H groups in total. The molecule has 6 nitrogen and oxygen atoms in total. The van der Waals surface area contributed by atoms with Gasteiger partial charge in [-0.25, -0.2) is 5.43 Å². The molecule has 124 valence electrons. The third-order valence-corrected chi connectivity index (χ3v) is 3.09. The molecule has 0 bridgehead atoms. The second kappa shape index (κ2) is 8.57. The fourth-order valence-corrected chi connectivity index (χ4v) is 1.97. The summed E-state index contributed by atoms with van der Waals surface area (Å²) >= 11 is 0. The van der Waals surface area contributed by atoms with E-state index in [2.05, 4.69) is 20.8 Å². The summed E-state index contributed by atoms with van der Waals surface area (Å²) in [7, 11) is 0. The van der Waals surface area contributed by atoms with E-state index in [1.165, 1.54) is 6.21 Å². The van der Waals surface area contributed by atoms with Crippen molar-refractivity contribution in [1.29, 1.82) is 0 Å². The van der Waals surface area contributed by atoms with Gasteiger partial charge in [0.15, 0.2) is 0 Å². The number of carbonyl (C=O) groups is 2. The highest BCUT2D eigenvalue weighted by atomic mass is 16.2. The molecule has 0 saturated carbocycles. The second-order valence-electron chi connectivity index (χ2n) is 5.71. The third-order valence-electron chi connectivity index (χ3n) is 3.09. The average Bonchev–Trinajstić information content (AvgIpc) is 2.55. The van der Waals surface area contributed by atoms with Gasteiger partial charge in [-0.15, -0.1) is 0 Å². The van der Waals surface area contributed by atoms with E-state index in [1.54, 1.807) is 42.7 Å². The summed E-state index contributed by atoms with van der Waals surface area (Å²) in [5.74, 6) is -0.0637. The molecular weight excluding hydrogens is 304 g/mol. The first kappa shape index (κ1) is 17.3. The number of hydrogen-bond acceptors (Lipinski definition) is 4. The number of amides is 2. The predicted molar refractivity (Wildman–Crippen MR) is 93.8 cm³/mol. The van der Waals surface area contributed by atoms with Crippen molar-refractivity contribution >= 4 is 23.7 Å². The SMILES string of the molecule is CC(C)CC(=O)Nc1ccc(C(=O)N/N=C/c2cccnc2)cc1. The van der Waals surface area contributed by atoms with Gasteiger partial charge >= 0.3 is 0 Å². The number of hydrogen-bond donors (Lipinski definition) is 2. The lowest BCUT2D eigenvalue weighted by molar-refractivity contribution is -0.116. The fourth-order valence-electron chi connectivity index (χ4n) is 1.97. The number of anilines is 1. The Morgan fingerprint density at radius 3 is 2.58 bits per heavy atom. The van der Waals surface area contributed by atoms with Crippen molar-refractivity contribution in [1.82, 2.24) is 10.4 Å². The molecule has 1 aromatic carbocycles. The molecule has 2 rings (SSSR count). The molecule has 0 atom stereocenters. The molecule has 0 fully saturated rings. The first-order valence-corrected chi connectivity index (χ1v) is 7.68. The summed E-state index contributed by atoms with van der Waals surface area (Å²) in [6.45, 7) is 3.97. The zero-order chi connectivity index (χ0) is 17.4. The highest BCUT2D eigenvalue weighted by Gasteiger charge is 2.07. The number of aromatic nitrogens is 1. The van der Waals surface area contributed by atoms with Crippen LogP contribution in [0.25, 0.3) is 0 Å². The molecule has 0 aliphatic carbocycles. The van der Waals surface area contributed by atoms with Crippen LogP contribution in [-0.4, -0.2) is 23.0 Å². The summed E-state index contributed by atoms with van der Waals surface area (Å²) in [6.07, 6.45) is 5.29. The van der Waals surface area contributed by atoms with E-state index in [-0.39, 0.29) is 11.8 Å². The Kier molecular flexibility index (Phi) is 6.19. The smallest absolute Gasteiger partial charge is 0.271 e. The van der Waals surface area contributed by atoms with Crippen LogP contribution >= 0.6 is 0 Å². The van der Waals surface area contributed by atoms with E-state index in [0.29, 0.717) is 23.6 Å². The molecule has 0 radical (unpaired) electrons. The van der Waals surface area contributed by atoms with Gasteiger partial charge in [0, 0.05) is 35.6 Å². The van der Waals surface area contributed by atoms with E-state index < -0.39 is 0 Å². The van der Waals surface area contributed by atoms with Crippen LogP contribution in [-0.2, 0) is 4.79 Å². The quantitative estimate of drug-likeness (QED) is 0.633.